The fraction of sp³-hybridized carbons (Fsp3) is 0.263. The predicted octanol–water partition coefficient (Wildman–Crippen LogP) is 4.54. The summed E-state index contributed by atoms with van der Waals surface area (Å²) in [5.74, 6) is -0.576. The average Bonchev–Trinajstić information content (AvgIpc) is 3.00. The van der Waals surface area contributed by atoms with Crippen molar-refractivity contribution in [3.8, 4) is 0 Å². The SMILES string of the molecule is C[C@H](c1ccccc1)N1C[C@@H](C(=O)Nc2ccc(Cl)c(Cl)c2)CC1=O. The minimum atomic E-state index is -0.381. The molecule has 2 aromatic carbocycles. The van der Waals surface area contributed by atoms with E-state index in [0.29, 0.717) is 22.3 Å². The Morgan fingerprint density at radius 2 is 1.88 bits per heavy atom. The molecule has 0 bridgehead atoms. The molecule has 1 N–H and O–H groups in total. The highest BCUT2D eigenvalue weighted by Gasteiger charge is 2.37. The topological polar surface area (TPSA) is 49.4 Å². The van der Waals surface area contributed by atoms with Crippen molar-refractivity contribution in [2.45, 2.75) is 19.4 Å². The van der Waals surface area contributed by atoms with Crippen LogP contribution in [0.3, 0.4) is 0 Å². The normalized spacial score (nSPS) is 18.3. The van der Waals surface area contributed by atoms with Gasteiger partial charge in [-0.05, 0) is 30.7 Å². The van der Waals surface area contributed by atoms with Crippen LogP contribution in [-0.4, -0.2) is 23.3 Å². The standard InChI is InChI=1S/C19H18Cl2N2O2/c1-12(13-5-3-2-4-6-13)23-11-14(9-18(23)24)19(25)22-15-7-8-16(20)17(21)10-15/h2-8,10,12,14H,9,11H2,1H3,(H,22,25)/t12-,14+/m1/s1. The van der Waals surface area contributed by atoms with Gasteiger partial charge in [-0.1, -0.05) is 53.5 Å². The monoisotopic (exact) mass is 376 g/mol. The van der Waals surface area contributed by atoms with Gasteiger partial charge in [0.05, 0.1) is 22.0 Å². The number of hydrogen-bond acceptors (Lipinski definition) is 2. The molecule has 1 fully saturated rings. The average molecular weight is 377 g/mol. The number of carbonyl (C=O) groups excluding carboxylic acids is 2. The molecule has 1 saturated heterocycles. The summed E-state index contributed by atoms with van der Waals surface area (Å²) in [6.45, 7) is 2.38. The first-order valence-corrected chi connectivity index (χ1v) is 8.81. The zero-order valence-electron chi connectivity index (χ0n) is 13.7. The summed E-state index contributed by atoms with van der Waals surface area (Å²) in [5, 5.41) is 3.62. The van der Waals surface area contributed by atoms with E-state index in [1.54, 1.807) is 23.1 Å². The van der Waals surface area contributed by atoms with Crippen molar-refractivity contribution in [2.75, 3.05) is 11.9 Å². The van der Waals surface area contributed by atoms with E-state index in [1.807, 2.05) is 37.3 Å². The van der Waals surface area contributed by atoms with E-state index in [-0.39, 0.29) is 30.2 Å². The van der Waals surface area contributed by atoms with Gasteiger partial charge in [-0.25, -0.2) is 0 Å². The molecule has 25 heavy (non-hydrogen) atoms. The zero-order valence-corrected chi connectivity index (χ0v) is 15.2. The van der Waals surface area contributed by atoms with Crippen LogP contribution in [0.1, 0.15) is 24.9 Å². The molecule has 0 unspecified atom stereocenters. The predicted molar refractivity (Wildman–Crippen MR) is 99.8 cm³/mol. The second-order valence-electron chi connectivity index (χ2n) is 6.15. The molecule has 2 atom stereocenters. The molecule has 0 spiro atoms. The zero-order chi connectivity index (χ0) is 18.0. The first-order valence-electron chi connectivity index (χ1n) is 8.06. The van der Waals surface area contributed by atoms with E-state index in [9.17, 15) is 9.59 Å². The van der Waals surface area contributed by atoms with Gasteiger partial charge < -0.3 is 10.2 Å². The van der Waals surface area contributed by atoms with E-state index in [0.717, 1.165) is 5.56 Å². The van der Waals surface area contributed by atoms with Crippen molar-refractivity contribution < 1.29 is 9.59 Å². The van der Waals surface area contributed by atoms with Crippen LogP contribution in [0, 0.1) is 5.92 Å². The third kappa shape index (κ3) is 3.97. The maximum absolute atomic E-state index is 12.5. The Kier molecular flexibility index (Phi) is 5.30. The Morgan fingerprint density at radius 1 is 1.16 bits per heavy atom. The van der Waals surface area contributed by atoms with Crippen molar-refractivity contribution in [2.24, 2.45) is 5.92 Å². The minimum Gasteiger partial charge on any atom is -0.335 e. The van der Waals surface area contributed by atoms with Crippen LogP contribution in [0.5, 0.6) is 0 Å². The highest BCUT2D eigenvalue weighted by Crippen LogP contribution is 2.30. The lowest BCUT2D eigenvalue weighted by molar-refractivity contribution is -0.129. The Hall–Kier alpha value is -2.04. The van der Waals surface area contributed by atoms with Crippen LogP contribution in [0.15, 0.2) is 48.5 Å². The summed E-state index contributed by atoms with van der Waals surface area (Å²) in [6, 6.07) is 14.7. The highest BCUT2D eigenvalue weighted by molar-refractivity contribution is 6.42. The van der Waals surface area contributed by atoms with Gasteiger partial charge in [0.1, 0.15) is 0 Å². The minimum absolute atomic E-state index is 0.00867. The maximum Gasteiger partial charge on any atom is 0.229 e. The lowest BCUT2D eigenvalue weighted by Gasteiger charge is -2.25. The van der Waals surface area contributed by atoms with Crippen LogP contribution in [-0.2, 0) is 9.59 Å². The number of nitrogens with zero attached hydrogens (tertiary/aromatic N) is 1. The molecule has 2 amide bonds. The Bertz CT molecular complexity index is 795. The number of anilines is 1. The maximum atomic E-state index is 12.5. The third-order valence-electron chi connectivity index (χ3n) is 4.47. The quantitative estimate of drug-likeness (QED) is 0.851. The summed E-state index contributed by atoms with van der Waals surface area (Å²) >= 11 is 11.8. The van der Waals surface area contributed by atoms with Crippen LogP contribution in [0.4, 0.5) is 5.69 Å². The molecular formula is C19H18Cl2N2O2. The molecule has 0 radical (unpaired) electrons. The highest BCUT2D eigenvalue weighted by atomic mass is 35.5. The van der Waals surface area contributed by atoms with Crippen LogP contribution in [0.2, 0.25) is 10.0 Å². The Balaban J connectivity index is 1.67. The second-order valence-corrected chi connectivity index (χ2v) is 6.97. The van der Waals surface area contributed by atoms with E-state index in [4.69, 9.17) is 23.2 Å². The van der Waals surface area contributed by atoms with Crippen molar-refractivity contribution in [3.63, 3.8) is 0 Å². The Morgan fingerprint density at radius 3 is 2.56 bits per heavy atom. The van der Waals surface area contributed by atoms with Crippen LogP contribution < -0.4 is 5.32 Å². The molecule has 0 aliphatic carbocycles. The van der Waals surface area contributed by atoms with Gasteiger partial charge in [0, 0.05) is 18.7 Å². The van der Waals surface area contributed by atoms with E-state index < -0.39 is 0 Å². The Labute approximate surface area is 156 Å². The first kappa shape index (κ1) is 17.8. The molecule has 4 nitrogen and oxygen atoms in total. The number of amides is 2. The summed E-state index contributed by atoms with van der Waals surface area (Å²) in [7, 11) is 0. The fourth-order valence-corrected chi connectivity index (χ4v) is 3.31. The van der Waals surface area contributed by atoms with Crippen LogP contribution in [0.25, 0.3) is 0 Å². The van der Waals surface area contributed by atoms with E-state index in [1.165, 1.54) is 0 Å². The van der Waals surface area contributed by atoms with Crippen molar-refractivity contribution in [1.29, 1.82) is 0 Å². The van der Waals surface area contributed by atoms with E-state index in [2.05, 4.69) is 5.32 Å². The number of benzene rings is 2. The summed E-state index contributed by atoms with van der Waals surface area (Å²) in [6.07, 6.45) is 0.213. The fourth-order valence-electron chi connectivity index (χ4n) is 3.01. The summed E-state index contributed by atoms with van der Waals surface area (Å²) in [4.78, 5) is 26.6. The van der Waals surface area contributed by atoms with Gasteiger partial charge in [-0.2, -0.15) is 0 Å². The van der Waals surface area contributed by atoms with Gasteiger partial charge in [-0.15, -0.1) is 0 Å². The van der Waals surface area contributed by atoms with Gasteiger partial charge in [0.25, 0.3) is 0 Å². The van der Waals surface area contributed by atoms with Crippen molar-refractivity contribution in [3.05, 3.63) is 64.1 Å². The number of hydrogen-bond donors (Lipinski definition) is 1. The molecule has 1 aliphatic rings. The molecule has 1 aliphatic heterocycles. The smallest absolute Gasteiger partial charge is 0.229 e. The molecule has 6 heteroatoms. The number of rotatable bonds is 4. The van der Waals surface area contributed by atoms with Crippen molar-refractivity contribution in [1.82, 2.24) is 4.90 Å². The lowest BCUT2D eigenvalue weighted by atomic mass is 10.1. The molecular weight excluding hydrogens is 359 g/mol. The number of likely N-dealkylation sites (tertiary alicyclic amines) is 1. The van der Waals surface area contributed by atoms with Gasteiger partial charge >= 0.3 is 0 Å². The summed E-state index contributed by atoms with van der Waals surface area (Å²) in [5.41, 5.74) is 1.63. The lowest BCUT2D eigenvalue weighted by Crippen LogP contribution is -2.30. The van der Waals surface area contributed by atoms with Crippen LogP contribution >= 0.6 is 23.2 Å². The van der Waals surface area contributed by atoms with Gasteiger partial charge in [0.2, 0.25) is 11.8 Å². The van der Waals surface area contributed by atoms with E-state index >= 15 is 0 Å². The number of halogens is 2. The number of nitrogens with one attached hydrogen (secondary N) is 1. The van der Waals surface area contributed by atoms with Gasteiger partial charge in [0.15, 0.2) is 0 Å². The molecule has 0 saturated carbocycles. The first-order chi connectivity index (χ1) is 12.0. The summed E-state index contributed by atoms with van der Waals surface area (Å²) < 4.78 is 0. The van der Waals surface area contributed by atoms with Gasteiger partial charge in [-0.3, -0.25) is 9.59 Å². The second kappa shape index (κ2) is 7.46. The molecule has 1 heterocycles. The van der Waals surface area contributed by atoms with Crippen molar-refractivity contribution >= 4 is 40.7 Å². The molecule has 3 rings (SSSR count). The largest absolute Gasteiger partial charge is 0.335 e. The molecule has 2 aromatic rings. The molecule has 130 valence electrons. The number of carbonyl (C=O) groups is 2. The third-order valence-corrected chi connectivity index (χ3v) is 5.20. The molecule has 0 aromatic heterocycles.